The van der Waals surface area contributed by atoms with Crippen molar-refractivity contribution in [3.63, 3.8) is 0 Å². The van der Waals surface area contributed by atoms with Gasteiger partial charge in [0.2, 0.25) is 0 Å². The Hall–Kier alpha value is -1.79. The van der Waals surface area contributed by atoms with E-state index >= 15 is 0 Å². The fourth-order valence-corrected chi connectivity index (χ4v) is 2.37. The molecular weight excluding hydrogens is 219 g/mol. The number of hydrogen-bond donors (Lipinski definition) is 0. The van der Waals surface area contributed by atoms with Gasteiger partial charge in [-0.05, 0) is 16.8 Å². The molecule has 0 bridgehead atoms. The molecule has 0 unspecified atom stereocenters. The van der Waals surface area contributed by atoms with Gasteiger partial charge in [0, 0.05) is 5.39 Å². The van der Waals surface area contributed by atoms with Crippen molar-refractivity contribution in [3.05, 3.63) is 54.8 Å². The Kier molecular flexibility index (Phi) is 2.35. The normalized spacial score (nSPS) is 11.0. The molecule has 3 rings (SSSR count). The van der Waals surface area contributed by atoms with Crippen molar-refractivity contribution in [1.29, 1.82) is 0 Å². The summed E-state index contributed by atoms with van der Waals surface area (Å²) in [6.45, 7) is 0. The third-order valence-corrected chi connectivity index (χ3v) is 3.26. The summed E-state index contributed by atoms with van der Waals surface area (Å²) in [7, 11) is 0.726. The third-order valence-electron chi connectivity index (χ3n) is 2.51. The van der Waals surface area contributed by atoms with E-state index in [0.29, 0.717) is 0 Å². The zero-order valence-electron chi connectivity index (χ0n) is 8.46. The maximum absolute atomic E-state index is 5.07. The molecule has 0 saturated heterocycles. The fourth-order valence-electron chi connectivity index (χ4n) is 1.76. The minimum absolute atomic E-state index is 0.726. The standard InChI is InChI=1S/C13H9O2P/c1-2-6-11-10(5-1)9-14-15-16-13-8-4-3-7-12(11)13/h1-9H. The van der Waals surface area contributed by atoms with Crippen LogP contribution in [0, 0.1) is 0 Å². The highest BCUT2D eigenvalue weighted by Gasteiger charge is 1.97. The molecule has 16 heavy (non-hydrogen) atoms. The highest BCUT2D eigenvalue weighted by atomic mass is 31.1. The molecule has 0 spiro atoms. The zero-order chi connectivity index (χ0) is 10.8. The van der Waals surface area contributed by atoms with E-state index < -0.39 is 0 Å². The van der Waals surface area contributed by atoms with Crippen molar-refractivity contribution < 1.29 is 8.93 Å². The second-order valence-electron chi connectivity index (χ2n) is 3.48. The summed E-state index contributed by atoms with van der Waals surface area (Å²) in [4.78, 5) is 0. The molecule has 1 aromatic heterocycles. The first-order valence-corrected chi connectivity index (χ1v) is 5.81. The first kappa shape index (κ1) is 9.44. The number of hydrogen-bond acceptors (Lipinski definition) is 2. The van der Waals surface area contributed by atoms with Crippen molar-refractivity contribution in [1.82, 2.24) is 0 Å². The summed E-state index contributed by atoms with van der Waals surface area (Å²) in [5, 5.41) is 4.51. The minimum atomic E-state index is 0.726. The molecule has 0 aliphatic carbocycles. The van der Waals surface area contributed by atoms with E-state index in [4.69, 9.17) is 8.93 Å². The van der Waals surface area contributed by atoms with Gasteiger partial charge in [-0.15, -0.1) is 0 Å². The lowest BCUT2D eigenvalue weighted by Crippen LogP contribution is -1.71. The minimum Gasteiger partial charge on any atom is -0.295 e. The molecule has 0 atom stereocenters. The molecule has 0 aliphatic heterocycles. The van der Waals surface area contributed by atoms with E-state index in [0.717, 1.165) is 18.9 Å². The van der Waals surface area contributed by atoms with Crippen LogP contribution in [0.2, 0.25) is 0 Å². The Balaban J connectivity index is 2.63. The molecule has 1 heterocycles. The molecule has 0 fully saturated rings. The molecule has 3 heteroatoms. The fraction of sp³-hybridized carbons (Fsp3) is 0. The van der Waals surface area contributed by atoms with Gasteiger partial charge in [-0.2, -0.15) is 0 Å². The molecule has 0 amide bonds. The summed E-state index contributed by atoms with van der Waals surface area (Å²) in [5.41, 5.74) is 0. The molecule has 2 aromatic carbocycles. The highest BCUT2D eigenvalue weighted by Crippen LogP contribution is 2.26. The van der Waals surface area contributed by atoms with Crippen LogP contribution >= 0.6 is 8.43 Å². The summed E-state index contributed by atoms with van der Waals surface area (Å²) in [6.07, 6.45) is 1.64. The van der Waals surface area contributed by atoms with Crippen LogP contribution in [0.1, 0.15) is 0 Å². The van der Waals surface area contributed by atoms with E-state index in [1.54, 1.807) is 6.26 Å². The Bertz CT molecular complexity index is 620. The quantitative estimate of drug-likeness (QED) is 0.512. The molecule has 2 nitrogen and oxygen atoms in total. The average molecular weight is 228 g/mol. The van der Waals surface area contributed by atoms with Crippen LogP contribution in [0.15, 0.2) is 63.7 Å². The molecule has 3 aromatic rings. The molecule has 78 valence electrons. The highest BCUT2D eigenvalue weighted by molar-refractivity contribution is 7.30. The molecule has 0 N–H and O–H groups in total. The van der Waals surface area contributed by atoms with Gasteiger partial charge in [0.05, 0.1) is 5.12 Å². The van der Waals surface area contributed by atoms with Crippen molar-refractivity contribution in [2.24, 2.45) is 0 Å². The van der Waals surface area contributed by atoms with Gasteiger partial charge < -0.3 is 0 Å². The Labute approximate surface area is 93.9 Å². The molecule has 0 saturated carbocycles. The van der Waals surface area contributed by atoms with Gasteiger partial charge in [0.1, 0.15) is 0 Å². The summed E-state index contributed by atoms with van der Waals surface area (Å²) >= 11 is 0. The van der Waals surface area contributed by atoms with Crippen LogP contribution in [0.5, 0.6) is 0 Å². The van der Waals surface area contributed by atoms with Crippen molar-refractivity contribution in [2.45, 2.75) is 0 Å². The van der Waals surface area contributed by atoms with Gasteiger partial charge in [-0.25, -0.2) is 0 Å². The first-order chi connectivity index (χ1) is 7.95. The number of fused-ring (bicyclic) bond motifs is 3. The number of benzene rings is 2. The maximum atomic E-state index is 5.07. The predicted octanol–water partition coefficient (Wildman–Crippen LogP) is 4.88. The monoisotopic (exact) mass is 228 g/mol. The first-order valence-electron chi connectivity index (χ1n) is 5.00. The van der Waals surface area contributed by atoms with E-state index in [2.05, 4.69) is 12.1 Å². The smallest absolute Gasteiger partial charge is 0.192 e. The lowest BCUT2D eigenvalue weighted by molar-refractivity contribution is 0.103. The summed E-state index contributed by atoms with van der Waals surface area (Å²) < 4.78 is 10.1. The van der Waals surface area contributed by atoms with E-state index in [9.17, 15) is 0 Å². The zero-order valence-corrected chi connectivity index (χ0v) is 9.35. The van der Waals surface area contributed by atoms with Gasteiger partial charge in [-0.3, -0.25) is 8.93 Å². The van der Waals surface area contributed by atoms with Gasteiger partial charge in [0.25, 0.3) is 0 Å². The Morgan fingerprint density at radius 1 is 0.812 bits per heavy atom. The molecule has 0 aliphatic rings. The second kappa shape index (κ2) is 3.99. The van der Waals surface area contributed by atoms with Crippen LogP contribution in [-0.2, 0) is 0 Å². The van der Waals surface area contributed by atoms with E-state index in [1.807, 2.05) is 36.4 Å². The van der Waals surface area contributed by atoms with Crippen molar-refractivity contribution >= 4 is 29.7 Å². The number of rotatable bonds is 0. The lowest BCUT2D eigenvalue weighted by atomic mass is 10.1. The predicted molar refractivity (Wildman–Crippen MR) is 66.1 cm³/mol. The third kappa shape index (κ3) is 1.58. The van der Waals surface area contributed by atoms with Gasteiger partial charge in [0.15, 0.2) is 14.7 Å². The maximum Gasteiger partial charge on any atom is 0.192 e. The van der Waals surface area contributed by atoms with Gasteiger partial charge >= 0.3 is 0 Å². The van der Waals surface area contributed by atoms with Gasteiger partial charge in [-0.1, -0.05) is 42.5 Å². The van der Waals surface area contributed by atoms with Crippen LogP contribution < -0.4 is 0 Å². The summed E-state index contributed by atoms with van der Waals surface area (Å²) in [6, 6.07) is 16.3. The van der Waals surface area contributed by atoms with Crippen LogP contribution in [0.4, 0.5) is 0 Å². The lowest BCUT2D eigenvalue weighted by Gasteiger charge is -1.97. The Morgan fingerprint density at radius 3 is 2.50 bits per heavy atom. The van der Waals surface area contributed by atoms with Crippen molar-refractivity contribution in [3.8, 4) is 0 Å². The van der Waals surface area contributed by atoms with E-state index in [1.165, 1.54) is 10.8 Å². The van der Waals surface area contributed by atoms with Crippen LogP contribution in [0.3, 0.4) is 0 Å². The topological polar surface area (TPSA) is 26.3 Å². The second-order valence-corrected chi connectivity index (χ2v) is 4.30. The average Bonchev–Trinajstić information content (AvgIpc) is 2.33. The summed E-state index contributed by atoms with van der Waals surface area (Å²) in [5.74, 6) is 0. The SMILES string of the molecule is c1ccc2c(c1)coopc1ccccc12. The largest absolute Gasteiger partial charge is 0.295 e. The van der Waals surface area contributed by atoms with Crippen LogP contribution in [-0.4, -0.2) is 0 Å². The van der Waals surface area contributed by atoms with E-state index in [-0.39, 0.29) is 0 Å². The molecule has 0 radical (unpaired) electrons. The van der Waals surface area contributed by atoms with Crippen LogP contribution in [0.25, 0.3) is 21.3 Å². The van der Waals surface area contributed by atoms with Crippen molar-refractivity contribution in [2.75, 3.05) is 0 Å². The molecular formula is C13H9O2P. The Morgan fingerprint density at radius 2 is 1.56 bits per heavy atom.